The molecule has 2 rings (SSSR count). The third-order valence-electron chi connectivity index (χ3n) is 2.62. The molecule has 0 bridgehead atoms. The molecule has 1 aromatic heterocycles. The lowest BCUT2D eigenvalue weighted by atomic mass is 10.1. The first-order valence-electron chi connectivity index (χ1n) is 6.00. The molecule has 0 saturated heterocycles. The summed E-state index contributed by atoms with van der Waals surface area (Å²) in [6, 6.07) is 10.6. The highest BCUT2D eigenvalue weighted by atomic mass is 32.1. The van der Waals surface area contributed by atoms with Crippen molar-refractivity contribution in [2.45, 2.75) is 19.8 Å². The molecule has 1 N–H and O–H groups in total. The lowest BCUT2D eigenvalue weighted by Crippen LogP contribution is -2.20. The molecule has 0 unspecified atom stereocenters. The normalized spacial score (nSPS) is 10.6. The van der Waals surface area contributed by atoms with Gasteiger partial charge >= 0.3 is 0 Å². The Balaban J connectivity index is 1.61. The standard InChI is InChI=1S/C14H18N2S/c1-12-11-17-14(16-12)8-10-15-9-7-13-5-3-2-4-6-13/h2-6,11,15H,7-10H2,1H3. The summed E-state index contributed by atoms with van der Waals surface area (Å²) in [5.74, 6) is 0. The number of hydrogen-bond donors (Lipinski definition) is 1. The molecule has 90 valence electrons. The van der Waals surface area contributed by atoms with Crippen LogP contribution in [0.3, 0.4) is 0 Å². The lowest BCUT2D eigenvalue weighted by Gasteiger charge is -2.03. The van der Waals surface area contributed by atoms with E-state index in [2.05, 4.69) is 46.0 Å². The molecule has 2 aromatic rings. The van der Waals surface area contributed by atoms with Crippen LogP contribution >= 0.6 is 11.3 Å². The average Bonchev–Trinajstić information content (AvgIpc) is 2.76. The van der Waals surface area contributed by atoms with Gasteiger partial charge in [-0.2, -0.15) is 0 Å². The fourth-order valence-electron chi connectivity index (χ4n) is 1.72. The van der Waals surface area contributed by atoms with Gasteiger partial charge in [-0.15, -0.1) is 11.3 Å². The molecular weight excluding hydrogens is 228 g/mol. The predicted molar refractivity (Wildman–Crippen MR) is 73.6 cm³/mol. The van der Waals surface area contributed by atoms with E-state index in [1.54, 1.807) is 11.3 Å². The zero-order chi connectivity index (χ0) is 11.9. The molecule has 0 radical (unpaired) electrons. The van der Waals surface area contributed by atoms with Gasteiger partial charge in [0.15, 0.2) is 0 Å². The Kier molecular flexibility index (Phi) is 4.71. The molecule has 0 saturated carbocycles. The highest BCUT2D eigenvalue weighted by molar-refractivity contribution is 7.09. The van der Waals surface area contributed by atoms with Crippen LogP contribution in [0.4, 0.5) is 0 Å². The third kappa shape index (κ3) is 4.29. The van der Waals surface area contributed by atoms with Crippen molar-refractivity contribution in [3.05, 3.63) is 52.0 Å². The van der Waals surface area contributed by atoms with Crippen molar-refractivity contribution in [1.82, 2.24) is 10.3 Å². The van der Waals surface area contributed by atoms with E-state index in [4.69, 9.17) is 0 Å². The summed E-state index contributed by atoms with van der Waals surface area (Å²) >= 11 is 1.75. The topological polar surface area (TPSA) is 24.9 Å². The van der Waals surface area contributed by atoms with Gasteiger partial charge in [0.2, 0.25) is 0 Å². The zero-order valence-corrected chi connectivity index (χ0v) is 11.0. The molecule has 0 fully saturated rings. The summed E-state index contributed by atoms with van der Waals surface area (Å²) in [6.45, 7) is 4.09. The molecule has 0 aliphatic carbocycles. The lowest BCUT2D eigenvalue weighted by molar-refractivity contribution is 0.680. The Morgan fingerprint density at radius 2 is 1.88 bits per heavy atom. The van der Waals surface area contributed by atoms with Gasteiger partial charge in [0.05, 0.1) is 5.01 Å². The van der Waals surface area contributed by atoms with E-state index in [0.29, 0.717) is 0 Å². The highest BCUT2D eigenvalue weighted by Gasteiger charge is 1.97. The molecule has 0 atom stereocenters. The number of aryl methyl sites for hydroxylation is 1. The maximum atomic E-state index is 4.45. The van der Waals surface area contributed by atoms with E-state index in [1.807, 2.05) is 6.92 Å². The van der Waals surface area contributed by atoms with Crippen LogP contribution in [0.15, 0.2) is 35.7 Å². The van der Waals surface area contributed by atoms with Crippen molar-refractivity contribution >= 4 is 11.3 Å². The third-order valence-corrected chi connectivity index (χ3v) is 3.64. The van der Waals surface area contributed by atoms with Gasteiger partial charge < -0.3 is 5.32 Å². The Hall–Kier alpha value is -1.19. The fraction of sp³-hybridized carbons (Fsp3) is 0.357. The minimum atomic E-state index is 1.01. The van der Waals surface area contributed by atoms with Crippen LogP contribution in [0.2, 0.25) is 0 Å². The molecular formula is C14H18N2S. The fourth-order valence-corrected chi connectivity index (χ4v) is 2.49. The van der Waals surface area contributed by atoms with Crippen molar-refractivity contribution in [2.75, 3.05) is 13.1 Å². The summed E-state index contributed by atoms with van der Waals surface area (Å²) in [6.07, 6.45) is 2.13. The predicted octanol–water partition coefficient (Wildman–Crippen LogP) is 2.83. The summed E-state index contributed by atoms with van der Waals surface area (Å²) in [4.78, 5) is 4.45. The van der Waals surface area contributed by atoms with Gasteiger partial charge in [-0.05, 0) is 25.5 Å². The highest BCUT2D eigenvalue weighted by Crippen LogP contribution is 2.08. The van der Waals surface area contributed by atoms with Crippen LogP contribution < -0.4 is 5.32 Å². The second kappa shape index (κ2) is 6.52. The maximum absolute atomic E-state index is 4.45. The van der Waals surface area contributed by atoms with Crippen LogP contribution in [0.25, 0.3) is 0 Å². The molecule has 0 amide bonds. The first-order chi connectivity index (χ1) is 8.34. The van der Waals surface area contributed by atoms with Crippen molar-refractivity contribution in [3.63, 3.8) is 0 Å². The largest absolute Gasteiger partial charge is 0.316 e. The molecule has 3 heteroatoms. The zero-order valence-electron chi connectivity index (χ0n) is 10.1. The van der Waals surface area contributed by atoms with E-state index in [0.717, 1.165) is 31.6 Å². The van der Waals surface area contributed by atoms with Crippen molar-refractivity contribution in [3.8, 4) is 0 Å². The molecule has 0 spiro atoms. The summed E-state index contributed by atoms with van der Waals surface area (Å²) in [5.41, 5.74) is 2.53. The molecule has 1 aromatic carbocycles. The van der Waals surface area contributed by atoms with Crippen molar-refractivity contribution < 1.29 is 0 Å². The monoisotopic (exact) mass is 246 g/mol. The van der Waals surface area contributed by atoms with Gasteiger partial charge in [0.25, 0.3) is 0 Å². The van der Waals surface area contributed by atoms with E-state index in [-0.39, 0.29) is 0 Å². The number of hydrogen-bond acceptors (Lipinski definition) is 3. The molecule has 2 nitrogen and oxygen atoms in total. The Morgan fingerprint density at radius 3 is 2.59 bits per heavy atom. The molecule has 0 aliphatic heterocycles. The second-order valence-corrected chi connectivity index (χ2v) is 5.06. The van der Waals surface area contributed by atoms with Crippen LogP contribution in [0.5, 0.6) is 0 Å². The number of benzene rings is 1. The van der Waals surface area contributed by atoms with Crippen LogP contribution in [0.1, 0.15) is 16.3 Å². The van der Waals surface area contributed by atoms with Crippen molar-refractivity contribution in [1.29, 1.82) is 0 Å². The van der Waals surface area contributed by atoms with E-state index in [9.17, 15) is 0 Å². The second-order valence-electron chi connectivity index (χ2n) is 4.12. The number of nitrogens with one attached hydrogen (secondary N) is 1. The molecule has 17 heavy (non-hydrogen) atoms. The van der Waals surface area contributed by atoms with Crippen molar-refractivity contribution in [2.24, 2.45) is 0 Å². The van der Waals surface area contributed by atoms with Crippen LogP contribution in [-0.4, -0.2) is 18.1 Å². The van der Waals surface area contributed by atoms with Crippen LogP contribution in [-0.2, 0) is 12.8 Å². The number of nitrogens with zero attached hydrogens (tertiary/aromatic N) is 1. The van der Waals surface area contributed by atoms with Gasteiger partial charge in [-0.1, -0.05) is 30.3 Å². The van der Waals surface area contributed by atoms with E-state index < -0.39 is 0 Å². The molecule has 1 heterocycles. The first kappa shape index (κ1) is 12.3. The van der Waals surface area contributed by atoms with Gasteiger partial charge in [0, 0.05) is 24.0 Å². The average molecular weight is 246 g/mol. The minimum Gasteiger partial charge on any atom is -0.316 e. The Morgan fingerprint density at radius 1 is 1.12 bits per heavy atom. The number of aromatic nitrogens is 1. The SMILES string of the molecule is Cc1csc(CCNCCc2ccccc2)n1. The van der Waals surface area contributed by atoms with E-state index in [1.165, 1.54) is 10.6 Å². The van der Waals surface area contributed by atoms with Crippen LogP contribution in [0, 0.1) is 6.92 Å². The minimum absolute atomic E-state index is 1.01. The number of thiazole rings is 1. The summed E-state index contributed by atoms with van der Waals surface area (Å²) in [5, 5.41) is 6.80. The maximum Gasteiger partial charge on any atom is 0.0940 e. The first-order valence-corrected chi connectivity index (χ1v) is 6.88. The summed E-state index contributed by atoms with van der Waals surface area (Å²) < 4.78 is 0. The molecule has 0 aliphatic rings. The smallest absolute Gasteiger partial charge is 0.0940 e. The van der Waals surface area contributed by atoms with Gasteiger partial charge in [0.1, 0.15) is 0 Å². The van der Waals surface area contributed by atoms with Gasteiger partial charge in [-0.3, -0.25) is 0 Å². The Labute approximate surface area is 107 Å². The van der Waals surface area contributed by atoms with E-state index >= 15 is 0 Å². The van der Waals surface area contributed by atoms with Gasteiger partial charge in [-0.25, -0.2) is 4.98 Å². The number of rotatable bonds is 6. The summed E-state index contributed by atoms with van der Waals surface area (Å²) in [7, 11) is 0. The Bertz CT molecular complexity index is 436. The quantitative estimate of drug-likeness (QED) is 0.793.